The van der Waals surface area contributed by atoms with Gasteiger partial charge in [0.15, 0.2) is 0 Å². The molecule has 2 N–H and O–H groups in total. The molecule has 25 heavy (non-hydrogen) atoms. The Morgan fingerprint density at radius 2 is 1.76 bits per heavy atom. The molecule has 0 saturated carbocycles. The van der Waals surface area contributed by atoms with E-state index in [-0.39, 0.29) is 0 Å². The molecule has 1 heterocycles. The standard InChI is InChI=1S/C19H16Cl3N3/c20-12-2-4-14(16(22)10-12)19-15-5-3-13(21)11-18(15)25-17(19)6-9-24-8-1-7-23/h2-5,10-11,24-25H,1,6,8-9H2. The van der Waals surface area contributed by atoms with Crippen LogP contribution in [0.3, 0.4) is 0 Å². The molecule has 0 saturated heterocycles. The number of nitrogens with zero attached hydrogens (tertiary/aromatic N) is 1. The van der Waals surface area contributed by atoms with Crippen molar-refractivity contribution in [3.63, 3.8) is 0 Å². The first-order valence-corrected chi connectivity index (χ1v) is 9.06. The summed E-state index contributed by atoms with van der Waals surface area (Å²) in [7, 11) is 0. The topological polar surface area (TPSA) is 51.6 Å². The van der Waals surface area contributed by atoms with Crippen LogP contribution in [0.4, 0.5) is 0 Å². The van der Waals surface area contributed by atoms with E-state index in [9.17, 15) is 0 Å². The zero-order valence-electron chi connectivity index (χ0n) is 13.4. The van der Waals surface area contributed by atoms with Crippen molar-refractivity contribution in [3.05, 3.63) is 57.2 Å². The summed E-state index contributed by atoms with van der Waals surface area (Å²) in [5.74, 6) is 0. The molecule has 3 rings (SSSR count). The normalized spacial score (nSPS) is 11.0. The van der Waals surface area contributed by atoms with Gasteiger partial charge in [-0.1, -0.05) is 46.9 Å². The Hall–Kier alpha value is -1.70. The van der Waals surface area contributed by atoms with Gasteiger partial charge >= 0.3 is 0 Å². The number of aromatic nitrogens is 1. The van der Waals surface area contributed by atoms with E-state index in [2.05, 4.69) is 16.4 Å². The quantitative estimate of drug-likeness (QED) is 0.518. The van der Waals surface area contributed by atoms with Gasteiger partial charge in [-0.2, -0.15) is 5.26 Å². The van der Waals surface area contributed by atoms with E-state index < -0.39 is 0 Å². The van der Waals surface area contributed by atoms with Crippen LogP contribution in [-0.2, 0) is 6.42 Å². The number of hydrogen-bond acceptors (Lipinski definition) is 2. The third-order valence-electron chi connectivity index (χ3n) is 4.00. The lowest BCUT2D eigenvalue weighted by atomic mass is 10.0. The minimum atomic E-state index is 0.498. The lowest BCUT2D eigenvalue weighted by molar-refractivity contribution is 0.688. The Bertz CT molecular complexity index is 941. The summed E-state index contributed by atoms with van der Waals surface area (Å²) in [6, 6.07) is 13.4. The highest BCUT2D eigenvalue weighted by Gasteiger charge is 2.16. The zero-order valence-corrected chi connectivity index (χ0v) is 15.6. The lowest BCUT2D eigenvalue weighted by Gasteiger charge is -2.08. The number of H-pyrrole nitrogens is 1. The first kappa shape index (κ1) is 18.1. The highest BCUT2D eigenvalue weighted by atomic mass is 35.5. The maximum Gasteiger partial charge on any atom is 0.0635 e. The number of nitrogens with one attached hydrogen (secondary N) is 2. The van der Waals surface area contributed by atoms with E-state index in [1.165, 1.54) is 0 Å². The smallest absolute Gasteiger partial charge is 0.0635 e. The summed E-state index contributed by atoms with van der Waals surface area (Å²) in [6.45, 7) is 1.44. The molecule has 0 unspecified atom stereocenters. The number of halogens is 3. The summed E-state index contributed by atoms with van der Waals surface area (Å²) in [4.78, 5) is 3.46. The van der Waals surface area contributed by atoms with Gasteiger partial charge in [-0.25, -0.2) is 0 Å². The summed E-state index contributed by atoms with van der Waals surface area (Å²) >= 11 is 18.6. The van der Waals surface area contributed by atoms with Crippen molar-refractivity contribution in [3.8, 4) is 17.2 Å². The predicted molar refractivity (Wildman–Crippen MR) is 106 cm³/mol. The average molecular weight is 393 g/mol. The fourth-order valence-electron chi connectivity index (χ4n) is 2.90. The van der Waals surface area contributed by atoms with Crippen molar-refractivity contribution in [1.82, 2.24) is 10.3 Å². The number of nitriles is 1. The van der Waals surface area contributed by atoms with Gasteiger partial charge in [0.05, 0.1) is 6.07 Å². The molecule has 0 aliphatic heterocycles. The molecule has 0 atom stereocenters. The van der Waals surface area contributed by atoms with Crippen LogP contribution in [-0.4, -0.2) is 18.1 Å². The second kappa shape index (κ2) is 8.12. The maximum absolute atomic E-state index is 8.62. The van der Waals surface area contributed by atoms with Crippen molar-refractivity contribution in [2.45, 2.75) is 12.8 Å². The SMILES string of the molecule is N#CCCNCCc1[nH]c2cc(Cl)ccc2c1-c1ccc(Cl)cc1Cl. The number of rotatable bonds is 6. The number of aromatic amines is 1. The fourth-order valence-corrected chi connectivity index (χ4v) is 3.57. The molecule has 1 aromatic heterocycles. The van der Waals surface area contributed by atoms with Crippen LogP contribution in [0.25, 0.3) is 22.0 Å². The van der Waals surface area contributed by atoms with E-state index in [0.717, 1.165) is 40.7 Å². The molecule has 0 fully saturated rings. The molecule has 3 nitrogen and oxygen atoms in total. The summed E-state index contributed by atoms with van der Waals surface area (Å²) in [6.07, 6.45) is 1.28. The summed E-state index contributed by atoms with van der Waals surface area (Å²) in [5, 5.41) is 14.9. The highest BCUT2D eigenvalue weighted by molar-refractivity contribution is 6.37. The van der Waals surface area contributed by atoms with Gasteiger partial charge in [0, 0.05) is 68.7 Å². The minimum Gasteiger partial charge on any atom is -0.358 e. The summed E-state index contributed by atoms with van der Waals surface area (Å²) < 4.78 is 0. The van der Waals surface area contributed by atoms with Crippen LogP contribution in [0.15, 0.2) is 36.4 Å². The van der Waals surface area contributed by atoms with E-state index in [4.69, 9.17) is 40.1 Å². The van der Waals surface area contributed by atoms with Crippen LogP contribution in [0, 0.1) is 11.3 Å². The fraction of sp³-hybridized carbons (Fsp3) is 0.211. The third kappa shape index (κ3) is 4.11. The molecular formula is C19H16Cl3N3. The van der Waals surface area contributed by atoms with E-state index >= 15 is 0 Å². The van der Waals surface area contributed by atoms with Crippen molar-refractivity contribution in [2.75, 3.05) is 13.1 Å². The van der Waals surface area contributed by atoms with Gasteiger partial charge in [-0.3, -0.25) is 0 Å². The van der Waals surface area contributed by atoms with Crippen LogP contribution in [0.1, 0.15) is 12.1 Å². The van der Waals surface area contributed by atoms with Crippen molar-refractivity contribution in [2.24, 2.45) is 0 Å². The molecular weight excluding hydrogens is 377 g/mol. The van der Waals surface area contributed by atoms with Gasteiger partial charge in [0.25, 0.3) is 0 Å². The van der Waals surface area contributed by atoms with Crippen LogP contribution >= 0.6 is 34.8 Å². The predicted octanol–water partition coefficient (Wildman–Crippen LogP) is 5.84. The molecule has 6 heteroatoms. The zero-order chi connectivity index (χ0) is 17.8. The van der Waals surface area contributed by atoms with Crippen molar-refractivity contribution >= 4 is 45.7 Å². The van der Waals surface area contributed by atoms with Gasteiger partial charge < -0.3 is 10.3 Å². The molecule has 0 aliphatic rings. The second-order valence-corrected chi connectivity index (χ2v) is 6.98. The van der Waals surface area contributed by atoms with Crippen LogP contribution < -0.4 is 5.32 Å². The van der Waals surface area contributed by atoms with Crippen molar-refractivity contribution in [1.29, 1.82) is 5.26 Å². The minimum absolute atomic E-state index is 0.498. The second-order valence-electron chi connectivity index (χ2n) is 5.70. The van der Waals surface area contributed by atoms with Gasteiger partial charge in [0.1, 0.15) is 0 Å². The largest absolute Gasteiger partial charge is 0.358 e. The molecule has 0 radical (unpaired) electrons. The molecule has 0 aliphatic carbocycles. The molecule has 3 aromatic rings. The number of benzene rings is 2. The number of hydrogen-bond donors (Lipinski definition) is 2. The van der Waals surface area contributed by atoms with Crippen LogP contribution in [0.2, 0.25) is 15.1 Å². The Morgan fingerprint density at radius 3 is 2.52 bits per heavy atom. The summed E-state index contributed by atoms with van der Waals surface area (Å²) in [5.41, 5.74) is 4.05. The molecule has 128 valence electrons. The Labute approximate surface area is 161 Å². The van der Waals surface area contributed by atoms with Gasteiger partial charge in [0.2, 0.25) is 0 Å². The Kier molecular flexibility index (Phi) is 5.88. The van der Waals surface area contributed by atoms with E-state index in [1.807, 2.05) is 30.3 Å². The van der Waals surface area contributed by atoms with Gasteiger partial charge in [-0.05, 0) is 24.3 Å². The monoisotopic (exact) mass is 391 g/mol. The van der Waals surface area contributed by atoms with Crippen LogP contribution in [0.5, 0.6) is 0 Å². The third-order valence-corrected chi connectivity index (χ3v) is 4.79. The maximum atomic E-state index is 8.62. The molecule has 0 spiro atoms. The molecule has 2 aromatic carbocycles. The Balaban J connectivity index is 2.01. The Morgan fingerprint density at radius 1 is 1.00 bits per heavy atom. The number of fused-ring (bicyclic) bond motifs is 1. The van der Waals surface area contributed by atoms with E-state index in [0.29, 0.717) is 28.0 Å². The highest BCUT2D eigenvalue weighted by Crippen LogP contribution is 2.38. The lowest BCUT2D eigenvalue weighted by Crippen LogP contribution is -2.18. The molecule has 0 amide bonds. The average Bonchev–Trinajstić information content (AvgIpc) is 2.92. The molecule has 0 bridgehead atoms. The van der Waals surface area contributed by atoms with Crippen molar-refractivity contribution < 1.29 is 0 Å². The van der Waals surface area contributed by atoms with E-state index in [1.54, 1.807) is 6.07 Å². The first-order valence-electron chi connectivity index (χ1n) is 7.93. The first-order chi connectivity index (χ1) is 12.1. The van der Waals surface area contributed by atoms with Gasteiger partial charge in [-0.15, -0.1) is 0 Å².